The zero-order valence-corrected chi connectivity index (χ0v) is 17.2. The fraction of sp³-hybridized carbons (Fsp3) is 0.458. The number of hydrogen-bond acceptors (Lipinski definition) is 3. The molecule has 0 aliphatic carbocycles. The van der Waals surface area contributed by atoms with Gasteiger partial charge in [0.15, 0.2) is 0 Å². The van der Waals surface area contributed by atoms with Crippen molar-refractivity contribution in [2.45, 2.75) is 39.3 Å². The summed E-state index contributed by atoms with van der Waals surface area (Å²) in [6.07, 6.45) is 1.97. The maximum absolute atomic E-state index is 12.4. The van der Waals surface area contributed by atoms with Crippen LogP contribution in [0.3, 0.4) is 0 Å². The number of nitrogens with zero attached hydrogens (tertiary/aromatic N) is 2. The molecule has 3 rings (SSSR count). The van der Waals surface area contributed by atoms with Crippen LogP contribution < -0.4 is 5.32 Å². The summed E-state index contributed by atoms with van der Waals surface area (Å²) < 4.78 is 0. The molecule has 1 N–H and O–H groups in total. The van der Waals surface area contributed by atoms with Gasteiger partial charge >= 0.3 is 0 Å². The fourth-order valence-electron chi connectivity index (χ4n) is 3.76. The van der Waals surface area contributed by atoms with Gasteiger partial charge in [-0.2, -0.15) is 0 Å². The number of benzene rings is 2. The highest BCUT2D eigenvalue weighted by atomic mass is 16.2. The van der Waals surface area contributed by atoms with Gasteiger partial charge in [0.1, 0.15) is 0 Å². The predicted octanol–water partition coefficient (Wildman–Crippen LogP) is 3.25. The Morgan fingerprint density at radius 3 is 2.32 bits per heavy atom. The molecule has 1 saturated heterocycles. The number of carbonyl (C=O) groups is 1. The van der Waals surface area contributed by atoms with Crippen molar-refractivity contribution in [3.05, 3.63) is 71.3 Å². The fourth-order valence-corrected chi connectivity index (χ4v) is 3.76. The number of nitrogens with one attached hydrogen (secondary N) is 1. The molecule has 4 nitrogen and oxygen atoms in total. The Bertz CT molecular complexity index is 739. The monoisotopic (exact) mass is 379 g/mol. The van der Waals surface area contributed by atoms with Crippen LogP contribution in [0, 0.1) is 6.92 Å². The van der Waals surface area contributed by atoms with Crippen LogP contribution in [0.25, 0.3) is 0 Å². The third-order valence-electron chi connectivity index (χ3n) is 5.60. The van der Waals surface area contributed by atoms with Crippen LogP contribution in [0.4, 0.5) is 0 Å². The van der Waals surface area contributed by atoms with E-state index in [1.165, 1.54) is 16.7 Å². The van der Waals surface area contributed by atoms with Gasteiger partial charge in [0, 0.05) is 38.8 Å². The summed E-state index contributed by atoms with van der Waals surface area (Å²) in [4.78, 5) is 17.1. The Balaban J connectivity index is 1.35. The Morgan fingerprint density at radius 1 is 0.964 bits per heavy atom. The van der Waals surface area contributed by atoms with Gasteiger partial charge in [0.2, 0.25) is 5.91 Å². The van der Waals surface area contributed by atoms with Crippen LogP contribution in [-0.2, 0) is 17.8 Å². The molecule has 0 unspecified atom stereocenters. The number of rotatable bonds is 8. The van der Waals surface area contributed by atoms with E-state index in [-0.39, 0.29) is 11.9 Å². The highest BCUT2D eigenvalue weighted by molar-refractivity contribution is 5.78. The van der Waals surface area contributed by atoms with E-state index in [4.69, 9.17) is 0 Å². The van der Waals surface area contributed by atoms with E-state index in [1.807, 2.05) is 6.07 Å². The summed E-state index contributed by atoms with van der Waals surface area (Å²) >= 11 is 0. The first kappa shape index (κ1) is 20.6. The lowest BCUT2D eigenvalue weighted by molar-refractivity contribution is -0.123. The first-order valence-electron chi connectivity index (χ1n) is 10.4. The van der Waals surface area contributed by atoms with E-state index in [2.05, 4.69) is 77.5 Å². The Kier molecular flexibility index (Phi) is 7.63. The Morgan fingerprint density at radius 2 is 1.61 bits per heavy atom. The molecular weight excluding hydrogens is 346 g/mol. The van der Waals surface area contributed by atoms with Gasteiger partial charge in [-0.15, -0.1) is 0 Å². The molecule has 150 valence electrons. The molecule has 0 aromatic heterocycles. The van der Waals surface area contributed by atoms with Crippen molar-refractivity contribution in [3.63, 3.8) is 0 Å². The first-order valence-corrected chi connectivity index (χ1v) is 10.4. The molecule has 0 spiro atoms. The normalized spacial score (nSPS) is 16.6. The Labute approximate surface area is 169 Å². The summed E-state index contributed by atoms with van der Waals surface area (Å²) in [5.41, 5.74) is 4.09. The van der Waals surface area contributed by atoms with Crippen molar-refractivity contribution < 1.29 is 4.79 Å². The highest BCUT2D eigenvalue weighted by Gasteiger charge is 2.20. The van der Waals surface area contributed by atoms with Crippen LogP contribution in [0.5, 0.6) is 0 Å². The SMILES string of the molecule is Cc1ccccc1CN1CCN(CC(=O)N[C@H](C)CCc2ccccc2)CC1. The zero-order valence-electron chi connectivity index (χ0n) is 17.2. The van der Waals surface area contributed by atoms with E-state index in [9.17, 15) is 4.79 Å². The molecule has 2 aromatic carbocycles. The average Bonchev–Trinajstić information content (AvgIpc) is 2.70. The lowest BCUT2D eigenvalue weighted by Crippen LogP contribution is -2.50. The van der Waals surface area contributed by atoms with Crippen LogP contribution in [-0.4, -0.2) is 54.5 Å². The zero-order chi connectivity index (χ0) is 19.8. The lowest BCUT2D eigenvalue weighted by atomic mass is 10.1. The molecule has 1 aliphatic rings. The summed E-state index contributed by atoms with van der Waals surface area (Å²) in [6, 6.07) is 19.3. The van der Waals surface area contributed by atoms with Crippen molar-refractivity contribution in [1.82, 2.24) is 15.1 Å². The number of aryl methyl sites for hydroxylation is 2. The van der Waals surface area contributed by atoms with Crippen molar-refractivity contribution in [2.24, 2.45) is 0 Å². The smallest absolute Gasteiger partial charge is 0.234 e. The number of carbonyl (C=O) groups excluding carboxylic acids is 1. The number of amides is 1. The minimum Gasteiger partial charge on any atom is -0.353 e. The van der Waals surface area contributed by atoms with Gasteiger partial charge in [-0.1, -0.05) is 54.6 Å². The maximum atomic E-state index is 12.4. The minimum absolute atomic E-state index is 0.146. The van der Waals surface area contributed by atoms with E-state index in [1.54, 1.807) is 0 Å². The van der Waals surface area contributed by atoms with Gasteiger partial charge in [0.05, 0.1) is 6.54 Å². The number of piperazine rings is 1. The predicted molar refractivity (Wildman–Crippen MR) is 115 cm³/mol. The summed E-state index contributed by atoms with van der Waals surface area (Å²) in [5, 5.41) is 3.16. The van der Waals surface area contributed by atoms with Crippen LogP contribution in [0.15, 0.2) is 54.6 Å². The number of hydrogen-bond donors (Lipinski definition) is 1. The molecule has 1 amide bonds. The van der Waals surface area contributed by atoms with Crippen LogP contribution in [0.1, 0.15) is 30.0 Å². The second-order valence-electron chi connectivity index (χ2n) is 7.97. The summed E-state index contributed by atoms with van der Waals surface area (Å²) in [5.74, 6) is 0.146. The first-order chi connectivity index (χ1) is 13.6. The molecule has 1 fully saturated rings. The molecule has 1 aliphatic heterocycles. The highest BCUT2D eigenvalue weighted by Crippen LogP contribution is 2.12. The maximum Gasteiger partial charge on any atom is 0.234 e. The molecule has 0 saturated carbocycles. The van der Waals surface area contributed by atoms with Crippen molar-refractivity contribution >= 4 is 5.91 Å². The molecule has 1 atom stereocenters. The quantitative estimate of drug-likeness (QED) is 0.765. The summed E-state index contributed by atoms with van der Waals surface area (Å²) in [6.45, 7) is 9.73. The van der Waals surface area contributed by atoms with E-state index < -0.39 is 0 Å². The second kappa shape index (κ2) is 10.4. The molecule has 0 radical (unpaired) electrons. The van der Waals surface area contributed by atoms with E-state index in [0.717, 1.165) is 45.6 Å². The molecule has 1 heterocycles. The lowest BCUT2D eigenvalue weighted by Gasteiger charge is -2.34. The van der Waals surface area contributed by atoms with Gasteiger partial charge in [-0.3, -0.25) is 14.6 Å². The van der Waals surface area contributed by atoms with Gasteiger partial charge in [-0.05, 0) is 43.4 Å². The van der Waals surface area contributed by atoms with Gasteiger partial charge < -0.3 is 5.32 Å². The van der Waals surface area contributed by atoms with E-state index >= 15 is 0 Å². The van der Waals surface area contributed by atoms with E-state index in [0.29, 0.717) is 6.54 Å². The third-order valence-corrected chi connectivity index (χ3v) is 5.60. The molecule has 4 heteroatoms. The third kappa shape index (κ3) is 6.47. The largest absolute Gasteiger partial charge is 0.353 e. The topological polar surface area (TPSA) is 35.6 Å². The van der Waals surface area contributed by atoms with Gasteiger partial charge in [-0.25, -0.2) is 0 Å². The second-order valence-corrected chi connectivity index (χ2v) is 7.97. The van der Waals surface area contributed by atoms with Crippen molar-refractivity contribution in [1.29, 1.82) is 0 Å². The standard InChI is InChI=1S/C24H33N3O/c1-20-8-6-7-11-23(20)18-26-14-16-27(17-15-26)19-24(28)25-21(2)12-13-22-9-4-3-5-10-22/h3-11,21H,12-19H2,1-2H3,(H,25,28)/t21-/m1/s1. The average molecular weight is 380 g/mol. The molecular formula is C24H33N3O. The van der Waals surface area contributed by atoms with Crippen LogP contribution in [0.2, 0.25) is 0 Å². The van der Waals surface area contributed by atoms with Crippen molar-refractivity contribution in [2.75, 3.05) is 32.7 Å². The minimum atomic E-state index is 0.146. The van der Waals surface area contributed by atoms with Crippen LogP contribution >= 0.6 is 0 Å². The van der Waals surface area contributed by atoms with Crippen molar-refractivity contribution in [3.8, 4) is 0 Å². The molecule has 28 heavy (non-hydrogen) atoms. The summed E-state index contributed by atoms with van der Waals surface area (Å²) in [7, 11) is 0. The molecule has 0 bridgehead atoms. The molecule has 2 aromatic rings. The Hall–Kier alpha value is -2.17. The van der Waals surface area contributed by atoms with Gasteiger partial charge in [0.25, 0.3) is 0 Å².